The molecule has 27 heteroatoms. The number of halogens is 1. The lowest BCUT2D eigenvalue weighted by Crippen LogP contribution is -2.44. The highest BCUT2D eigenvalue weighted by atomic mass is 79.9. The van der Waals surface area contributed by atoms with E-state index in [1.54, 1.807) is 89.3 Å². The maximum absolute atomic E-state index is 13.9. The van der Waals surface area contributed by atoms with E-state index in [2.05, 4.69) is 117 Å². The van der Waals surface area contributed by atoms with Gasteiger partial charge in [-0.3, -0.25) is 48.9 Å². The van der Waals surface area contributed by atoms with Gasteiger partial charge in [0.05, 0.1) is 122 Å². The van der Waals surface area contributed by atoms with Gasteiger partial charge in [0.25, 0.3) is 29.5 Å². The molecule has 0 saturated heterocycles. The number of hydrogen-bond donors (Lipinski definition) is 1. The smallest absolute Gasteiger partial charge is 0.257 e. The Hall–Kier alpha value is -15.2. The van der Waals surface area contributed by atoms with Gasteiger partial charge in [0.1, 0.15) is 26.4 Å². The number of amides is 5. The summed E-state index contributed by atoms with van der Waals surface area (Å²) in [5.41, 5.74) is 22.9. The lowest BCUT2D eigenvalue weighted by Gasteiger charge is -2.34. The second-order valence-corrected chi connectivity index (χ2v) is 36.3. The van der Waals surface area contributed by atoms with Crippen LogP contribution < -0.4 is 42.6 Å². The summed E-state index contributed by atoms with van der Waals surface area (Å²) in [5, 5.41) is 10.6. The summed E-state index contributed by atoms with van der Waals surface area (Å²) in [7, 11) is 11.8. The Balaban J connectivity index is 0.000000155. The molecular formula is C113H111BrN11O15-. The van der Waals surface area contributed by atoms with Gasteiger partial charge >= 0.3 is 0 Å². The molecule has 0 aromatic heterocycles. The van der Waals surface area contributed by atoms with E-state index in [1.165, 1.54) is 46.6 Å². The number of carbonyl (C=O) groups is 5. The van der Waals surface area contributed by atoms with Crippen molar-refractivity contribution in [2.24, 2.45) is 25.0 Å². The van der Waals surface area contributed by atoms with Crippen LogP contribution in [0.1, 0.15) is 156 Å². The van der Waals surface area contributed by atoms with Gasteiger partial charge < -0.3 is 84.6 Å². The van der Waals surface area contributed by atoms with E-state index in [0.717, 1.165) is 87.7 Å². The number of nitrogens with zero attached hydrogens (tertiary/aromatic N) is 11. The van der Waals surface area contributed by atoms with Crippen molar-refractivity contribution in [3.8, 4) is 57.5 Å². The molecule has 0 fully saturated rings. The molecule has 0 bridgehead atoms. The first kappa shape index (κ1) is 96.5. The highest BCUT2D eigenvalue weighted by Crippen LogP contribution is 2.47. The molecule has 26 nitrogen and oxygen atoms in total. The Bertz CT molecular complexity index is 6660. The van der Waals surface area contributed by atoms with Crippen molar-refractivity contribution < 1.29 is 71.7 Å². The van der Waals surface area contributed by atoms with E-state index in [4.69, 9.17) is 62.6 Å². The lowest BCUT2D eigenvalue weighted by molar-refractivity contribution is 0.0696. The molecule has 0 radical (unpaired) electrons. The molecule has 10 heterocycles. The van der Waals surface area contributed by atoms with Gasteiger partial charge in [0, 0.05) is 106 Å². The second-order valence-electron chi connectivity index (χ2n) is 35.7. The number of phenols is 1. The fourth-order valence-electron chi connectivity index (χ4n) is 19.7. The van der Waals surface area contributed by atoms with Crippen molar-refractivity contribution in [3.05, 3.63) is 343 Å². The molecule has 22 rings (SSSR count). The van der Waals surface area contributed by atoms with E-state index in [9.17, 15) is 29.1 Å². The Morgan fingerprint density at radius 1 is 0.300 bits per heavy atom. The number of benzene rings is 12. The third-order valence-corrected chi connectivity index (χ3v) is 27.4. The quantitative estimate of drug-likeness (QED) is 0.0549. The monoisotopic (exact) mass is 1940 g/mol. The van der Waals surface area contributed by atoms with Gasteiger partial charge in [-0.05, 0) is 178 Å². The first-order valence-electron chi connectivity index (χ1n) is 45.6. The number of hydrogen-bond acceptors (Lipinski definition) is 21. The summed E-state index contributed by atoms with van der Waals surface area (Å²) < 4.78 is 53.7. The summed E-state index contributed by atoms with van der Waals surface area (Å²) in [6, 6.07) is 70.2. The van der Waals surface area contributed by atoms with Crippen molar-refractivity contribution in [2.45, 2.75) is 148 Å². The predicted octanol–water partition coefficient (Wildman–Crippen LogP) is 20.2. The highest BCUT2D eigenvalue weighted by molar-refractivity contribution is 9.08. The number of rotatable bonds is 20. The SMILES string of the molecule is C.C.COc1cc2c(cc1O)N=C[C@@H]1Cc3ccccc3CN1C2=O.COc1cc2c(cc1OCc1cc(CBr)cc(COc3cc4c(cc3OC)C(=O)N3Cc5ccccc5C[C@H]3C=N4)c1)N=C[C@@H]1Cc3ccccc3CN1C2=O.COc1cc2c(cc1OCc1cc(COc3cc4c(cc3OC)C(=O)N3Cc5ccccc5C[C@H]3C=N4)cc(CN(C)C)c1)N=C[C@@H]1Cc3ccccc3CN1C2=O.[CH3-]. The van der Waals surface area contributed by atoms with Gasteiger partial charge in [0.2, 0.25) is 0 Å². The number of alkyl halides is 1. The van der Waals surface area contributed by atoms with Gasteiger partial charge in [-0.1, -0.05) is 176 Å². The number of carbonyl (C=O) groups excluding carboxylic acids is 5. The number of aliphatic imine (C=N–C) groups is 5. The molecule has 10 aliphatic rings. The molecule has 10 aliphatic heterocycles. The Kier molecular flexibility index (Phi) is 28.7. The lowest BCUT2D eigenvalue weighted by atomic mass is 9.94. The van der Waals surface area contributed by atoms with Crippen LogP contribution in [0.2, 0.25) is 0 Å². The van der Waals surface area contributed by atoms with Crippen LogP contribution in [-0.4, -0.2) is 175 Å². The zero-order valence-corrected chi connectivity index (χ0v) is 79.4. The first-order valence-corrected chi connectivity index (χ1v) is 46.8. The Morgan fingerprint density at radius 2 is 0.514 bits per heavy atom. The molecule has 12 aromatic rings. The predicted molar refractivity (Wildman–Crippen MR) is 547 cm³/mol. The molecule has 0 spiro atoms. The van der Waals surface area contributed by atoms with Crippen molar-refractivity contribution in [3.63, 3.8) is 0 Å². The third kappa shape index (κ3) is 19.6. The van der Waals surface area contributed by atoms with Gasteiger partial charge in [0.15, 0.2) is 57.5 Å². The number of fused-ring (bicyclic) bond motifs is 15. The molecule has 5 amide bonds. The van der Waals surface area contributed by atoms with Crippen LogP contribution in [0.4, 0.5) is 28.4 Å². The van der Waals surface area contributed by atoms with E-state index in [-0.39, 0.29) is 120 Å². The summed E-state index contributed by atoms with van der Waals surface area (Å²) in [5.74, 6) is 3.67. The summed E-state index contributed by atoms with van der Waals surface area (Å²) in [6.07, 6.45) is 12.9. The number of aromatic hydroxyl groups is 1. The topological polar surface area (TPSA) is 270 Å². The number of phenolic OH excluding ortho intramolecular Hbond substituents is 1. The van der Waals surface area contributed by atoms with E-state index >= 15 is 0 Å². The van der Waals surface area contributed by atoms with Crippen molar-refractivity contribution in [1.82, 2.24) is 29.4 Å². The third-order valence-electron chi connectivity index (χ3n) is 26.7. The summed E-state index contributed by atoms with van der Waals surface area (Å²) in [4.78, 5) is 103. The molecule has 1 N–H and O–H groups in total. The number of ether oxygens (including phenoxy) is 9. The fourth-order valence-corrected chi connectivity index (χ4v) is 20.0. The van der Waals surface area contributed by atoms with Crippen LogP contribution in [0.5, 0.6) is 57.5 Å². The average molecular weight is 1940 g/mol. The molecule has 0 aliphatic carbocycles. The molecule has 0 unspecified atom stereocenters. The van der Waals surface area contributed by atoms with Crippen molar-refractivity contribution in [1.29, 1.82) is 0 Å². The molecule has 0 saturated carbocycles. The van der Waals surface area contributed by atoms with Crippen LogP contribution >= 0.6 is 15.9 Å². The normalized spacial score (nSPS) is 17.4. The van der Waals surface area contributed by atoms with E-state index in [1.807, 2.05) is 130 Å². The van der Waals surface area contributed by atoms with Crippen LogP contribution in [0.3, 0.4) is 0 Å². The van der Waals surface area contributed by atoms with Crippen LogP contribution in [0.25, 0.3) is 0 Å². The highest BCUT2D eigenvalue weighted by Gasteiger charge is 2.40. The largest absolute Gasteiger partial charge is 0.504 e. The molecular weight excluding hydrogens is 1830 g/mol. The fraction of sp³-hybridized carbons (Fsp3) is 0.265. The summed E-state index contributed by atoms with van der Waals surface area (Å²) in [6.45, 7) is 4.36. The van der Waals surface area contributed by atoms with Gasteiger partial charge in [-0.2, -0.15) is 0 Å². The average Bonchev–Trinajstić information content (AvgIpc) is 1.60. The van der Waals surface area contributed by atoms with Crippen LogP contribution in [0.15, 0.2) is 243 Å². The maximum Gasteiger partial charge on any atom is 0.257 e. The minimum absolute atomic E-state index is 0. The summed E-state index contributed by atoms with van der Waals surface area (Å²) >= 11 is 3.62. The van der Waals surface area contributed by atoms with Crippen LogP contribution in [0, 0.1) is 7.43 Å². The molecule has 5 atom stereocenters. The minimum Gasteiger partial charge on any atom is -0.504 e. The molecule has 12 aromatic carbocycles. The Morgan fingerprint density at radius 3 is 0.743 bits per heavy atom. The second kappa shape index (κ2) is 41.6. The van der Waals surface area contributed by atoms with Gasteiger partial charge in [-0.25, -0.2) is 0 Å². The maximum atomic E-state index is 13.9. The first-order chi connectivity index (χ1) is 66.8. The minimum atomic E-state index is -0.132. The zero-order chi connectivity index (χ0) is 94.2. The molecule has 716 valence electrons. The van der Waals surface area contributed by atoms with Crippen LogP contribution in [-0.2, 0) is 103 Å². The van der Waals surface area contributed by atoms with Crippen molar-refractivity contribution in [2.75, 3.05) is 49.6 Å². The van der Waals surface area contributed by atoms with Crippen molar-refractivity contribution >= 4 is 105 Å². The molecule has 140 heavy (non-hydrogen) atoms. The van der Waals surface area contributed by atoms with E-state index < -0.39 is 0 Å². The number of methoxy groups -OCH3 is 5. The van der Waals surface area contributed by atoms with E-state index in [0.29, 0.717) is 147 Å². The Labute approximate surface area is 824 Å². The zero-order valence-electron chi connectivity index (χ0n) is 77.8. The standard InChI is InChI=1S/C47H45N5O6.C45H39BrN4O6.C18H16N2O3.2CH4.CH3/c1-50(2)24-29-13-30(27-57-44-20-40-38(18-42(44)55-3)46(53)51-25-34-11-7-5-9-32(34)16-36(51)22-48-40)15-31(14-29)28-58-45-21-41-39(19-43(45)56-4)47(54)52-26-35-12-8-6-10-33(35)17-37(52)23-49-41;1-53-40-16-36-38(47-21-34-14-30-7-3-5-9-32(30)23-49(34)44(36)51)18-42(40)55-25-28-11-27(20-46)12-29(13-28)26-56-43-19-39-37(17-41(43)54-2)45(52)50-24-33-10-6-4-8-31(33)15-35(50)22-48-39;1-23-17-7-14-15(8-16(17)21)19-9-13-6-11-4-2-3-5-12(11)10-20(13)18(14)22;;;/h5-15,18-23,36-37H,16-17,24-28H2,1-4H3;3-13,16-19,21-22,34-35H,14-15,20,23-26H2,1-2H3;2-5,7-9,13,21H,6,10H2,1H3;2*1H4;1H3/q;;;;;-1/t36-,37-;34-,35-;13-;;;/m000.../s1. The van der Waals surface area contributed by atoms with Gasteiger partial charge in [-0.15, -0.1) is 0 Å².